The summed E-state index contributed by atoms with van der Waals surface area (Å²) in [7, 11) is 0. The average molecular weight is 446 g/mol. The number of ketones is 1. The number of fused-ring (bicyclic) bond motifs is 2. The molecule has 1 aliphatic rings. The van der Waals surface area contributed by atoms with Crippen LogP contribution in [0.2, 0.25) is 0 Å². The van der Waals surface area contributed by atoms with Gasteiger partial charge in [-0.2, -0.15) is 0 Å². The molecule has 0 atom stereocenters. The van der Waals surface area contributed by atoms with Crippen LogP contribution in [-0.2, 0) is 11.3 Å². The van der Waals surface area contributed by atoms with Gasteiger partial charge in [0.25, 0.3) is 0 Å². The zero-order chi connectivity index (χ0) is 22.9. The molecule has 0 saturated carbocycles. The first kappa shape index (κ1) is 20.5. The summed E-state index contributed by atoms with van der Waals surface area (Å²) in [5, 5.41) is 2.53. The Balaban J connectivity index is 1.39. The van der Waals surface area contributed by atoms with Gasteiger partial charge < -0.3 is 9.72 Å². The number of ether oxygens (including phenoxy) is 1. The number of hydrogen-bond acceptors (Lipinski definition) is 5. The number of amides is 1. The molecule has 164 valence electrons. The van der Waals surface area contributed by atoms with Crippen LogP contribution in [0.15, 0.2) is 65.7 Å². The smallest absolute Gasteiger partial charge is 0.414 e. The van der Waals surface area contributed by atoms with Crippen molar-refractivity contribution in [3.63, 3.8) is 0 Å². The lowest BCUT2D eigenvalue weighted by Crippen LogP contribution is -2.23. The Morgan fingerprint density at radius 1 is 1.03 bits per heavy atom. The number of hydrogen-bond donors (Lipinski definition) is 2. The maximum absolute atomic E-state index is 14.5. The van der Waals surface area contributed by atoms with Gasteiger partial charge in [0.05, 0.1) is 22.3 Å². The van der Waals surface area contributed by atoms with Crippen LogP contribution in [-0.4, -0.2) is 34.1 Å². The van der Waals surface area contributed by atoms with E-state index in [1.165, 1.54) is 0 Å². The largest absolute Gasteiger partial charge is 0.444 e. The molecule has 0 radical (unpaired) electrons. The molecular formula is C24H16F2N4O3. The third-order valence-electron chi connectivity index (χ3n) is 5.19. The molecule has 33 heavy (non-hydrogen) atoms. The number of aliphatic imine (C=N–C) groups is 1. The summed E-state index contributed by atoms with van der Waals surface area (Å²) < 4.78 is 33.9. The second kappa shape index (κ2) is 8.27. The molecule has 4 aromatic rings. The molecule has 0 bridgehead atoms. The first-order valence-electron chi connectivity index (χ1n) is 10.0. The number of Topliss-reactive ketones (excluding diaryl/α,β-unsaturated/α-hetero) is 1. The summed E-state index contributed by atoms with van der Waals surface area (Å²) in [6.07, 6.45) is -0.681. The maximum atomic E-state index is 14.5. The van der Waals surface area contributed by atoms with Crippen LogP contribution in [0.25, 0.3) is 11.0 Å². The Morgan fingerprint density at radius 2 is 1.79 bits per heavy atom. The van der Waals surface area contributed by atoms with Gasteiger partial charge in [-0.15, -0.1) is 0 Å². The van der Waals surface area contributed by atoms with Crippen molar-refractivity contribution in [2.24, 2.45) is 4.99 Å². The van der Waals surface area contributed by atoms with Crippen LogP contribution in [0.3, 0.4) is 0 Å². The van der Waals surface area contributed by atoms with Crippen LogP contribution in [0.1, 0.15) is 27.0 Å². The molecule has 5 rings (SSSR count). The highest BCUT2D eigenvalue weighted by molar-refractivity contribution is 6.22. The number of halogens is 2. The lowest BCUT2D eigenvalue weighted by molar-refractivity contribution is 0.0995. The Kier molecular flexibility index (Phi) is 5.14. The molecule has 3 aromatic carbocycles. The van der Waals surface area contributed by atoms with E-state index in [1.54, 1.807) is 18.2 Å². The number of aromatic nitrogens is 2. The van der Waals surface area contributed by atoms with Gasteiger partial charge in [0.1, 0.15) is 24.8 Å². The number of nitrogens with one attached hydrogen (secondary N) is 2. The number of rotatable bonds is 4. The van der Waals surface area contributed by atoms with Crippen LogP contribution in [0.4, 0.5) is 19.5 Å². The molecule has 9 heteroatoms. The Bertz CT molecular complexity index is 1430. The van der Waals surface area contributed by atoms with Crippen LogP contribution in [0.5, 0.6) is 0 Å². The van der Waals surface area contributed by atoms with Crippen molar-refractivity contribution in [3.8, 4) is 0 Å². The number of benzene rings is 3. The van der Waals surface area contributed by atoms with Crippen molar-refractivity contribution in [1.29, 1.82) is 0 Å². The summed E-state index contributed by atoms with van der Waals surface area (Å²) in [6, 6.07) is 16.1. The first-order valence-corrected chi connectivity index (χ1v) is 10.0. The van der Waals surface area contributed by atoms with Gasteiger partial charge >= 0.3 is 6.09 Å². The third-order valence-corrected chi connectivity index (χ3v) is 5.19. The average Bonchev–Trinajstić information content (AvgIpc) is 3.22. The van der Waals surface area contributed by atoms with E-state index >= 15 is 0 Å². The van der Waals surface area contributed by atoms with E-state index in [-0.39, 0.29) is 35.9 Å². The van der Waals surface area contributed by atoms with Gasteiger partial charge in [-0.3, -0.25) is 15.1 Å². The summed E-state index contributed by atoms with van der Waals surface area (Å²) in [5.41, 5.74) is 2.10. The fourth-order valence-electron chi connectivity index (χ4n) is 3.67. The minimum atomic E-state index is -0.785. The van der Waals surface area contributed by atoms with Crippen molar-refractivity contribution in [1.82, 2.24) is 9.97 Å². The van der Waals surface area contributed by atoms with E-state index in [4.69, 9.17) is 4.74 Å². The highest BCUT2D eigenvalue weighted by Gasteiger charge is 2.28. The van der Waals surface area contributed by atoms with Crippen molar-refractivity contribution >= 4 is 34.6 Å². The van der Waals surface area contributed by atoms with Gasteiger partial charge in [0, 0.05) is 11.1 Å². The van der Waals surface area contributed by atoms with Crippen molar-refractivity contribution in [2.45, 2.75) is 6.61 Å². The van der Waals surface area contributed by atoms with Crippen LogP contribution >= 0.6 is 0 Å². The molecule has 1 aromatic heterocycles. The van der Waals surface area contributed by atoms with Gasteiger partial charge in [-0.25, -0.2) is 18.6 Å². The Morgan fingerprint density at radius 3 is 2.58 bits per heavy atom. The van der Waals surface area contributed by atoms with E-state index in [0.29, 0.717) is 16.6 Å². The zero-order valence-corrected chi connectivity index (χ0v) is 17.1. The molecule has 1 amide bonds. The molecule has 0 aliphatic carbocycles. The quantitative estimate of drug-likeness (QED) is 0.478. The monoisotopic (exact) mass is 446 g/mol. The lowest BCUT2D eigenvalue weighted by atomic mass is 9.91. The summed E-state index contributed by atoms with van der Waals surface area (Å²) in [6.45, 7) is -0.166. The molecule has 0 saturated heterocycles. The fraction of sp³-hybridized carbons (Fsp3) is 0.0833. The molecular weight excluding hydrogens is 430 g/mol. The molecule has 0 unspecified atom stereocenters. The van der Waals surface area contributed by atoms with E-state index < -0.39 is 23.5 Å². The van der Waals surface area contributed by atoms with Crippen LogP contribution in [0, 0.1) is 11.6 Å². The number of anilines is 1. The molecule has 7 nitrogen and oxygen atoms in total. The van der Waals surface area contributed by atoms with Gasteiger partial charge in [0.2, 0.25) is 5.95 Å². The van der Waals surface area contributed by atoms with E-state index in [1.807, 2.05) is 30.3 Å². The molecule has 2 heterocycles. The highest BCUT2D eigenvalue weighted by Crippen LogP contribution is 2.27. The summed E-state index contributed by atoms with van der Waals surface area (Å²) in [5.74, 6) is -1.93. The van der Waals surface area contributed by atoms with Gasteiger partial charge in [-0.05, 0) is 29.8 Å². The predicted molar refractivity (Wildman–Crippen MR) is 118 cm³/mol. The van der Waals surface area contributed by atoms with E-state index in [9.17, 15) is 18.4 Å². The standard InChI is InChI=1S/C24H16F2N4O3/c25-15-7-8-16(26)21-20(15)19(31)11-27-22(21)14-6-9-17-18(10-14)29-23(28-17)30-24(32)33-12-13-4-2-1-3-5-13/h1-10H,11-12H2,(H2,28,29,30,32). The molecule has 2 N–H and O–H groups in total. The lowest BCUT2D eigenvalue weighted by Gasteiger charge is -2.17. The van der Waals surface area contributed by atoms with Gasteiger partial charge in [0.15, 0.2) is 5.78 Å². The van der Waals surface area contributed by atoms with E-state index in [2.05, 4.69) is 20.3 Å². The van der Waals surface area contributed by atoms with Crippen molar-refractivity contribution < 1.29 is 23.1 Å². The van der Waals surface area contributed by atoms with Crippen molar-refractivity contribution in [2.75, 3.05) is 11.9 Å². The molecule has 1 aliphatic heterocycles. The van der Waals surface area contributed by atoms with Crippen molar-refractivity contribution in [3.05, 3.63) is 94.6 Å². The SMILES string of the molecule is O=C(Nc1nc2ccc(C3=NCC(=O)c4c(F)ccc(F)c43)cc2[nH]1)OCc1ccccc1. The fourth-order valence-corrected chi connectivity index (χ4v) is 3.67. The summed E-state index contributed by atoms with van der Waals surface area (Å²) in [4.78, 5) is 35.6. The number of carbonyl (C=O) groups is 2. The maximum Gasteiger partial charge on any atom is 0.414 e. The minimum Gasteiger partial charge on any atom is -0.444 e. The summed E-state index contributed by atoms with van der Waals surface area (Å²) >= 11 is 0. The van der Waals surface area contributed by atoms with Gasteiger partial charge in [-0.1, -0.05) is 36.4 Å². The Labute approximate surface area is 186 Å². The number of H-pyrrole nitrogens is 1. The second-order valence-corrected chi connectivity index (χ2v) is 7.37. The first-order chi connectivity index (χ1) is 16.0. The highest BCUT2D eigenvalue weighted by atomic mass is 19.1. The molecule has 0 spiro atoms. The van der Waals surface area contributed by atoms with E-state index in [0.717, 1.165) is 17.7 Å². The predicted octanol–water partition coefficient (Wildman–Crippen LogP) is 4.62. The molecule has 0 fully saturated rings. The van der Waals surface area contributed by atoms with Crippen LogP contribution < -0.4 is 5.32 Å². The normalized spacial score (nSPS) is 12.9. The second-order valence-electron chi connectivity index (χ2n) is 7.37. The topological polar surface area (TPSA) is 96.4 Å². The number of aromatic amines is 1. The number of carbonyl (C=O) groups excluding carboxylic acids is 2. The third kappa shape index (κ3) is 3.96. The minimum absolute atomic E-state index is 0.108. The Hall–Kier alpha value is -4.40. The number of nitrogens with zero attached hydrogens (tertiary/aromatic N) is 2. The number of imidazole rings is 1. The zero-order valence-electron chi connectivity index (χ0n) is 17.1.